The maximum absolute atomic E-state index is 12.0. The van der Waals surface area contributed by atoms with Crippen LogP contribution in [-0.4, -0.2) is 11.9 Å². The molecule has 2 atom stereocenters. The topological polar surface area (TPSA) is 29.1 Å². The predicted octanol–water partition coefficient (Wildman–Crippen LogP) is 3.58. The summed E-state index contributed by atoms with van der Waals surface area (Å²) < 4.78 is 0. The van der Waals surface area contributed by atoms with Gasteiger partial charge in [0.25, 0.3) is 0 Å². The number of nitrogens with one attached hydrogen (secondary N) is 1. The van der Waals surface area contributed by atoms with Crippen molar-refractivity contribution in [3.8, 4) is 0 Å². The molecule has 2 rings (SSSR count). The molecule has 1 N–H and O–H groups in total. The van der Waals surface area contributed by atoms with E-state index >= 15 is 0 Å². The maximum atomic E-state index is 12.0. The largest absolute Gasteiger partial charge is 0.353 e. The van der Waals surface area contributed by atoms with Crippen molar-refractivity contribution in [2.45, 2.75) is 45.1 Å². The number of halogens is 1. The van der Waals surface area contributed by atoms with E-state index in [0.717, 1.165) is 12.0 Å². The van der Waals surface area contributed by atoms with Crippen molar-refractivity contribution in [3.63, 3.8) is 0 Å². The first-order valence-corrected chi connectivity index (χ1v) is 7.07. The maximum Gasteiger partial charge on any atom is 0.224 e. The van der Waals surface area contributed by atoms with Gasteiger partial charge in [-0.2, -0.15) is 0 Å². The quantitative estimate of drug-likeness (QED) is 0.889. The van der Waals surface area contributed by atoms with Crippen LogP contribution < -0.4 is 5.32 Å². The Morgan fingerprint density at radius 1 is 1.28 bits per heavy atom. The fourth-order valence-corrected chi connectivity index (χ4v) is 2.70. The first kappa shape index (κ1) is 13.4. The Kier molecular flexibility index (Phi) is 4.65. The average Bonchev–Trinajstić information content (AvgIpc) is 2.35. The Hall–Kier alpha value is -1.02. The summed E-state index contributed by atoms with van der Waals surface area (Å²) in [5.41, 5.74) is 1.01. The molecule has 1 amide bonds. The van der Waals surface area contributed by atoms with E-state index in [1.165, 1.54) is 19.3 Å². The molecule has 3 heteroatoms. The molecule has 0 unspecified atom stereocenters. The average molecular weight is 266 g/mol. The number of benzene rings is 1. The highest BCUT2D eigenvalue weighted by Crippen LogP contribution is 2.23. The normalized spacial score (nSPS) is 23.7. The lowest BCUT2D eigenvalue weighted by Crippen LogP contribution is -2.41. The molecule has 0 spiro atoms. The molecule has 18 heavy (non-hydrogen) atoms. The Balaban J connectivity index is 1.86. The number of hydrogen-bond donors (Lipinski definition) is 1. The Morgan fingerprint density at radius 3 is 2.61 bits per heavy atom. The van der Waals surface area contributed by atoms with E-state index in [2.05, 4.69) is 12.2 Å². The van der Waals surface area contributed by atoms with Gasteiger partial charge in [-0.1, -0.05) is 43.5 Å². The molecule has 0 heterocycles. The van der Waals surface area contributed by atoms with Crippen molar-refractivity contribution < 1.29 is 4.79 Å². The minimum atomic E-state index is 0.121. The molecule has 0 bridgehead atoms. The van der Waals surface area contributed by atoms with E-state index in [9.17, 15) is 4.79 Å². The zero-order valence-corrected chi connectivity index (χ0v) is 11.5. The van der Waals surface area contributed by atoms with Gasteiger partial charge in [-0.3, -0.25) is 4.79 Å². The number of amides is 1. The van der Waals surface area contributed by atoms with Crippen LogP contribution in [0.3, 0.4) is 0 Å². The van der Waals surface area contributed by atoms with E-state index < -0.39 is 0 Å². The van der Waals surface area contributed by atoms with Crippen LogP contribution in [-0.2, 0) is 11.2 Å². The van der Waals surface area contributed by atoms with Gasteiger partial charge in [-0.15, -0.1) is 0 Å². The van der Waals surface area contributed by atoms with Crippen LogP contribution in [0.5, 0.6) is 0 Å². The molecular formula is C15H20ClNO. The summed E-state index contributed by atoms with van der Waals surface area (Å²) in [5, 5.41) is 3.87. The Labute approximate surface area is 114 Å². The molecule has 1 aliphatic rings. The minimum absolute atomic E-state index is 0.121. The molecule has 0 radical (unpaired) electrons. The standard InChI is InChI=1S/C15H20ClNO/c1-11-4-2-3-5-14(11)17-15(18)10-12-6-8-13(16)9-7-12/h6-9,11,14H,2-5,10H2,1H3,(H,17,18)/t11-,14+/m0/s1. The summed E-state index contributed by atoms with van der Waals surface area (Å²) in [5.74, 6) is 0.726. The van der Waals surface area contributed by atoms with Crippen molar-refractivity contribution >= 4 is 17.5 Å². The van der Waals surface area contributed by atoms with E-state index in [4.69, 9.17) is 11.6 Å². The van der Waals surface area contributed by atoms with E-state index in [1.807, 2.05) is 24.3 Å². The highest BCUT2D eigenvalue weighted by atomic mass is 35.5. The Bertz CT molecular complexity index is 401. The van der Waals surface area contributed by atoms with Crippen LogP contribution in [0.1, 0.15) is 38.2 Å². The lowest BCUT2D eigenvalue weighted by atomic mass is 9.86. The SMILES string of the molecule is C[C@H]1CCCC[C@H]1NC(=O)Cc1ccc(Cl)cc1. The van der Waals surface area contributed by atoms with Gasteiger partial charge in [0.15, 0.2) is 0 Å². The van der Waals surface area contributed by atoms with Gasteiger partial charge in [0.2, 0.25) is 5.91 Å². The van der Waals surface area contributed by atoms with Gasteiger partial charge in [0.05, 0.1) is 6.42 Å². The Morgan fingerprint density at radius 2 is 1.94 bits per heavy atom. The molecule has 1 saturated carbocycles. The third kappa shape index (κ3) is 3.74. The van der Waals surface area contributed by atoms with Crippen molar-refractivity contribution in [2.24, 2.45) is 5.92 Å². The molecule has 1 aromatic carbocycles. The second-order valence-corrected chi connectivity index (χ2v) is 5.68. The molecule has 1 aromatic rings. The van der Waals surface area contributed by atoms with Crippen molar-refractivity contribution in [1.29, 1.82) is 0 Å². The fourth-order valence-electron chi connectivity index (χ4n) is 2.58. The molecule has 0 aliphatic heterocycles. The molecule has 0 saturated heterocycles. The van der Waals surface area contributed by atoms with Gasteiger partial charge < -0.3 is 5.32 Å². The van der Waals surface area contributed by atoms with Gasteiger partial charge in [-0.25, -0.2) is 0 Å². The van der Waals surface area contributed by atoms with Crippen molar-refractivity contribution in [2.75, 3.05) is 0 Å². The first-order valence-electron chi connectivity index (χ1n) is 6.69. The molecule has 1 fully saturated rings. The third-order valence-corrected chi connectivity index (χ3v) is 3.99. The summed E-state index contributed by atoms with van der Waals surface area (Å²) in [6, 6.07) is 7.83. The summed E-state index contributed by atoms with van der Waals surface area (Å²) >= 11 is 5.82. The van der Waals surface area contributed by atoms with E-state index in [0.29, 0.717) is 23.4 Å². The molecule has 1 aliphatic carbocycles. The highest BCUT2D eigenvalue weighted by Gasteiger charge is 2.22. The van der Waals surface area contributed by atoms with E-state index in [-0.39, 0.29) is 5.91 Å². The van der Waals surface area contributed by atoms with Crippen LogP contribution >= 0.6 is 11.6 Å². The van der Waals surface area contributed by atoms with Crippen molar-refractivity contribution in [3.05, 3.63) is 34.9 Å². The number of carbonyl (C=O) groups excluding carboxylic acids is 1. The molecule has 2 nitrogen and oxygen atoms in total. The summed E-state index contributed by atoms with van der Waals surface area (Å²) in [6.45, 7) is 2.23. The highest BCUT2D eigenvalue weighted by molar-refractivity contribution is 6.30. The van der Waals surface area contributed by atoms with Crippen LogP contribution in [0, 0.1) is 5.92 Å². The summed E-state index contributed by atoms with van der Waals surface area (Å²) in [6.07, 6.45) is 5.32. The van der Waals surface area contributed by atoms with Crippen LogP contribution in [0.25, 0.3) is 0 Å². The monoisotopic (exact) mass is 265 g/mol. The first-order chi connectivity index (χ1) is 8.65. The lowest BCUT2D eigenvalue weighted by Gasteiger charge is -2.29. The van der Waals surface area contributed by atoms with Gasteiger partial charge >= 0.3 is 0 Å². The molecule has 98 valence electrons. The second kappa shape index (κ2) is 6.24. The van der Waals surface area contributed by atoms with Gasteiger partial charge in [0, 0.05) is 11.1 Å². The van der Waals surface area contributed by atoms with Crippen LogP contribution in [0.2, 0.25) is 5.02 Å². The zero-order chi connectivity index (χ0) is 13.0. The predicted molar refractivity (Wildman–Crippen MR) is 74.7 cm³/mol. The third-order valence-electron chi connectivity index (χ3n) is 3.74. The minimum Gasteiger partial charge on any atom is -0.353 e. The molecular weight excluding hydrogens is 246 g/mol. The van der Waals surface area contributed by atoms with Gasteiger partial charge in [0.1, 0.15) is 0 Å². The number of hydrogen-bond acceptors (Lipinski definition) is 1. The second-order valence-electron chi connectivity index (χ2n) is 5.24. The summed E-state index contributed by atoms with van der Waals surface area (Å²) in [4.78, 5) is 12.0. The van der Waals surface area contributed by atoms with Gasteiger partial charge in [-0.05, 0) is 36.5 Å². The zero-order valence-electron chi connectivity index (χ0n) is 10.8. The van der Waals surface area contributed by atoms with Crippen molar-refractivity contribution in [1.82, 2.24) is 5.32 Å². The fraction of sp³-hybridized carbons (Fsp3) is 0.533. The molecule has 0 aromatic heterocycles. The van der Waals surface area contributed by atoms with E-state index in [1.54, 1.807) is 0 Å². The lowest BCUT2D eigenvalue weighted by molar-refractivity contribution is -0.121. The van der Waals surface area contributed by atoms with Crippen LogP contribution in [0.4, 0.5) is 0 Å². The number of rotatable bonds is 3. The number of carbonyl (C=O) groups is 1. The smallest absolute Gasteiger partial charge is 0.224 e. The summed E-state index contributed by atoms with van der Waals surface area (Å²) in [7, 11) is 0. The van der Waals surface area contributed by atoms with Crippen LogP contribution in [0.15, 0.2) is 24.3 Å².